The lowest BCUT2D eigenvalue weighted by Gasteiger charge is -2.13. The molecule has 4 rings (SSSR count). The van der Waals surface area contributed by atoms with Gasteiger partial charge in [-0.2, -0.15) is 4.98 Å². The van der Waals surface area contributed by atoms with Gasteiger partial charge < -0.3 is 16.2 Å². The van der Waals surface area contributed by atoms with Crippen molar-refractivity contribution in [3.05, 3.63) is 78.1 Å². The van der Waals surface area contributed by atoms with Crippen LogP contribution in [-0.4, -0.2) is 15.0 Å². The molecule has 4 N–H and O–H groups in total. The van der Waals surface area contributed by atoms with Gasteiger partial charge in [-0.25, -0.2) is 9.97 Å². The lowest BCUT2D eigenvalue weighted by atomic mass is 9.99. The van der Waals surface area contributed by atoms with Crippen molar-refractivity contribution >= 4 is 23.4 Å². The Balaban J connectivity index is 1.72. The Labute approximate surface area is 166 Å². The number of hydrogen-bond acceptors (Lipinski definition) is 6. The van der Waals surface area contributed by atoms with Gasteiger partial charge in [0.25, 0.3) is 0 Å². The first-order valence-electron chi connectivity index (χ1n) is 8.48. The van der Waals surface area contributed by atoms with Crippen molar-refractivity contribution in [1.82, 2.24) is 15.0 Å². The van der Waals surface area contributed by atoms with Gasteiger partial charge in [-0.15, -0.1) is 0 Å². The summed E-state index contributed by atoms with van der Waals surface area (Å²) in [5.74, 6) is 1.71. The average molecular weight is 390 g/mol. The summed E-state index contributed by atoms with van der Waals surface area (Å²) >= 11 is 5.89. The van der Waals surface area contributed by atoms with Crippen LogP contribution < -0.4 is 16.2 Å². The molecule has 0 unspecified atom stereocenters. The van der Waals surface area contributed by atoms with Crippen LogP contribution in [0.1, 0.15) is 0 Å². The molecule has 2 aromatic carbocycles. The maximum absolute atomic E-state index is 6.19. The van der Waals surface area contributed by atoms with E-state index in [1.54, 1.807) is 18.3 Å². The lowest BCUT2D eigenvalue weighted by molar-refractivity contribution is 0.482. The largest absolute Gasteiger partial charge is 0.457 e. The first kappa shape index (κ1) is 17.8. The summed E-state index contributed by atoms with van der Waals surface area (Å²) in [5, 5.41) is 0.369. The van der Waals surface area contributed by atoms with Crippen LogP contribution in [0.2, 0.25) is 5.15 Å². The minimum Gasteiger partial charge on any atom is -0.457 e. The van der Waals surface area contributed by atoms with Crippen LogP contribution in [0.15, 0.2) is 72.9 Å². The minimum absolute atomic E-state index is 0.134. The van der Waals surface area contributed by atoms with Crippen LogP contribution in [-0.2, 0) is 0 Å². The topological polar surface area (TPSA) is 99.9 Å². The van der Waals surface area contributed by atoms with E-state index in [1.807, 2.05) is 54.6 Å². The number of aromatic nitrogens is 3. The zero-order valence-electron chi connectivity index (χ0n) is 14.7. The number of pyridine rings is 1. The first-order valence-corrected chi connectivity index (χ1v) is 8.86. The summed E-state index contributed by atoms with van der Waals surface area (Å²) in [6, 6.07) is 20.6. The third kappa shape index (κ3) is 3.72. The second kappa shape index (κ2) is 7.54. The van der Waals surface area contributed by atoms with Crippen molar-refractivity contribution in [2.75, 3.05) is 11.5 Å². The molecule has 0 aliphatic heterocycles. The molecule has 0 bridgehead atoms. The summed E-state index contributed by atoms with van der Waals surface area (Å²) in [6.07, 6.45) is 1.59. The number of halogens is 1. The van der Waals surface area contributed by atoms with Gasteiger partial charge in [-0.3, -0.25) is 0 Å². The molecule has 6 nitrogen and oxygen atoms in total. The zero-order valence-corrected chi connectivity index (χ0v) is 15.5. The third-order valence-corrected chi connectivity index (χ3v) is 4.28. The molecule has 0 saturated heterocycles. The highest BCUT2D eigenvalue weighted by Crippen LogP contribution is 2.36. The fourth-order valence-electron chi connectivity index (χ4n) is 2.86. The fourth-order valence-corrected chi connectivity index (χ4v) is 3.02. The highest BCUT2D eigenvalue weighted by Gasteiger charge is 2.15. The molecular weight excluding hydrogens is 374 g/mol. The van der Waals surface area contributed by atoms with E-state index in [4.69, 9.17) is 27.8 Å². The maximum atomic E-state index is 6.19. The fraction of sp³-hybridized carbons (Fsp3) is 0. The van der Waals surface area contributed by atoms with E-state index in [0.717, 1.165) is 16.7 Å². The van der Waals surface area contributed by atoms with E-state index >= 15 is 0 Å². The molecule has 0 atom stereocenters. The number of nitrogen functional groups attached to an aromatic ring is 2. The predicted molar refractivity (Wildman–Crippen MR) is 111 cm³/mol. The smallest absolute Gasteiger partial charge is 0.222 e. The normalized spacial score (nSPS) is 10.6. The lowest BCUT2D eigenvalue weighted by Crippen LogP contribution is -2.04. The van der Waals surface area contributed by atoms with E-state index in [9.17, 15) is 0 Å². The molecule has 2 heterocycles. The Bertz CT molecular complexity index is 1120. The summed E-state index contributed by atoms with van der Waals surface area (Å²) in [6.45, 7) is 0. The van der Waals surface area contributed by atoms with Crippen molar-refractivity contribution in [2.24, 2.45) is 0 Å². The SMILES string of the molecule is Nc1nc(N)c(-c2ccc(Oc3ccnc(Cl)c3)cc2)c(-c2ccccc2)n1. The second-order valence-electron chi connectivity index (χ2n) is 6.00. The van der Waals surface area contributed by atoms with Gasteiger partial charge in [-0.1, -0.05) is 54.1 Å². The van der Waals surface area contributed by atoms with Crippen LogP contribution in [0, 0.1) is 0 Å². The molecule has 0 spiro atoms. The van der Waals surface area contributed by atoms with E-state index in [2.05, 4.69) is 15.0 Å². The highest BCUT2D eigenvalue weighted by atomic mass is 35.5. The number of hydrogen-bond donors (Lipinski definition) is 2. The molecule has 0 aliphatic rings. The molecule has 7 heteroatoms. The van der Waals surface area contributed by atoms with Crippen LogP contribution >= 0.6 is 11.6 Å². The first-order chi connectivity index (χ1) is 13.6. The van der Waals surface area contributed by atoms with Gasteiger partial charge in [0.05, 0.1) is 11.3 Å². The summed E-state index contributed by atoms with van der Waals surface area (Å²) < 4.78 is 5.81. The third-order valence-electron chi connectivity index (χ3n) is 4.08. The molecule has 0 amide bonds. The van der Waals surface area contributed by atoms with Gasteiger partial charge in [-0.05, 0) is 23.8 Å². The Hall–Kier alpha value is -3.64. The van der Waals surface area contributed by atoms with Crippen molar-refractivity contribution < 1.29 is 4.74 Å². The molecule has 0 radical (unpaired) electrons. The van der Waals surface area contributed by atoms with E-state index in [0.29, 0.717) is 28.2 Å². The van der Waals surface area contributed by atoms with E-state index in [1.165, 1.54) is 0 Å². The van der Waals surface area contributed by atoms with E-state index < -0.39 is 0 Å². The van der Waals surface area contributed by atoms with Gasteiger partial charge >= 0.3 is 0 Å². The van der Waals surface area contributed by atoms with Gasteiger partial charge in [0.2, 0.25) is 5.95 Å². The molecule has 0 fully saturated rings. The number of nitrogens with zero attached hydrogens (tertiary/aromatic N) is 3. The Morgan fingerprint density at radius 1 is 0.786 bits per heavy atom. The van der Waals surface area contributed by atoms with Crippen molar-refractivity contribution in [1.29, 1.82) is 0 Å². The Morgan fingerprint density at radius 3 is 2.25 bits per heavy atom. The number of benzene rings is 2. The van der Waals surface area contributed by atoms with Gasteiger partial charge in [0.15, 0.2) is 0 Å². The average Bonchev–Trinajstić information content (AvgIpc) is 2.69. The number of anilines is 2. The quantitative estimate of drug-likeness (QED) is 0.485. The second-order valence-corrected chi connectivity index (χ2v) is 6.38. The van der Waals surface area contributed by atoms with Crippen LogP contribution in [0.3, 0.4) is 0 Å². The predicted octanol–water partition coefficient (Wildman–Crippen LogP) is 4.82. The molecule has 2 aromatic heterocycles. The highest BCUT2D eigenvalue weighted by molar-refractivity contribution is 6.29. The summed E-state index contributed by atoms with van der Waals surface area (Å²) in [5.41, 5.74) is 15.2. The van der Waals surface area contributed by atoms with Gasteiger partial charge in [0, 0.05) is 17.8 Å². The van der Waals surface area contributed by atoms with Crippen LogP contribution in [0.5, 0.6) is 11.5 Å². The van der Waals surface area contributed by atoms with Gasteiger partial charge in [0.1, 0.15) is 22.5 Å². The molecule has 0 aliphatic carbocycles. The number of ether oxygens (including phenoxy) is 1. The monoisotopic (exact) mass is 389 g/mol. The molecule has 0 saturated carbocycles. The Kier molecular flexibility index (Phi) is 4.78. The van der Waals surface area contributed by atoms with Crippen LogP contribution in [0.4, 0.5) is 11.8 Å². The minimum atomic E-state index is 0.134. The maximum Gasteiger partial charge on any atom is 0.222 e. The molecule has 138 valence electrons. The summed E-state index contributed by atoms with van der Waals surface area (Å²) in [7, 11) is 0. The Morgan fingerprint density at radius 2 is 1.54 bits per heavy atom. The summed E-state index contributed by atoms with van der Waals surface area (Å²) in [4.78, 5) is 12.5. The molecule has 4 aromatic rings. The number of rotatable bonds is 4. The van der Waals surface area contributed by atoms with Crippen molar-refractivity contribution in [3.63, 3.8) is 0 Å². The van der Waals surface area contributed by atoms with Crippen molar-refractivity contribution in [3.8, 4) is 33.9 Å². The standard InChI is InChI=1S/C21H16ClN5O/c22-17-12-16(10-11-25-17)28-15-8-6-13(7-9-15)18-19(14-4-2-1-3-5-14)26-21(24)27-20(18)23/h1-12H,(H4,23,24,26,27). The van der Waals surface area contributed by atoms with E-state index in [-0.39, 0.29) is 5.95 Å². The van der Waals surface area contributed by atoms with Crippen molar-refractivity contribution in [2.45, 2.75) is 0 Å². The molecule has 28 heavy (non-hydrogen) atoms. The van der Waals surface area contributed by atoms with Crippen LogP contribution in [0.25, 0.3) is 22.4 Å². The number of nitrogens with two attached hydrogens (primary N) is 2. The molecular formula is C21H16ClN5O. The zero-order chi connectivity index (χ0) is 19.5.